The molecule has 0 aromatic carbocycles. The topological polar surface area (TPSA) is 23.1 Å². The van der Waals surface area contributed by atoms with Crippen molar-refractivity contribution in [3.63, 3.8) is 0 Å². The van der Waals surface area contributed by atoms with Crippen molar-refractivity contribution in [2.75, 3.05) is 20.2 Å². The molecule has 0 aliphatic carbocycles. The van der Waals surface area contributed by atoms with Gasteiger partial charge in [0.05, 0.1) is 6.61 Å². The second-order valence-corrected chi connectivity index (χ2v) is 2.80. The molecular weight excluding hydrogens is 114 g/mol. The van der Waals surface area contributed by atoms with E-state index in [1.165, 1.54) is 12.8 Å². The number of hydrogen-bond acceptors (Lipinski definition) is 1. The van der Waals surface area contributed by atoms with Gasteiger partial charge in [0, 0.05) is 6.04 Å². The predicted molar refractivity (Wildman–Crippen MR) is 35.8 cm³/mol. The van der Waals surface area contributed by atoms with E-state index < -0.39 is 0 Å². The summed E-state index contributed by atoms with van der Waals surface area (Å²) in [7, 11) is 2.04. The van der Waals surface area contributed by atoms with Crippen LogP contribution in [0.3, 0.4) is 0 Å². The molecule has 1 unspecified atom stereocenters. The molecule has 1 saturated heterocycles. The Balaban J connectivity index is 2.30. The van der Waals surface area contributed by atoms with Gasteiger partial charge in [0.2, 0.25) is 0 Å². The van der Waals surface area contributed by atoms with Crippen LogP contribution in [0.1, 0.15) is 19.3 Å². The van der Waals surface area contributed by atoms with Crippen LogP contribution in [0.4, 0.5) is 0 Å². The lowest BCUT2D eigenvalue weighted by atomic mass is 10.0. The first kappa shape index (κ1) is 7.03. The van der Waals surface area contributed by atoms with Gasteiger partial charge in [-0.15, -0.1) is 0 Å². The van der Waals surface area contributed by atoms with Crippen LogP contribution in [0.5, 0.6) is 0 Å². The second-order valence-electron chi connectivity index (χ2n) is 2.80. The minimum Gasteiger partial charge on any atom is -0.301 e. The summed E-state index contributed by atoms with van der Waals surface area (Å²) in [6.07, 6.45) is 3.63. The summed E-state index contributed by atoms with van der Waals surface area (Å²) in [5.41, 5.74) is 0. The molecule has 1 radical (unpaired) electrons. The van der Waals surface area contributed by atoms with Crippen LogP contribution in [-0.4, -0.2) is 31.1 Å². The lowest BCUT2D eigenvalue weighted by Gasteiger charge is -2.30. The molecule has 1 fully saturated rings. The summed E-state index contributed by atoms with van der Waals surface area (Å²) >= 11 is 0. The van der Waals surface area contributed by atoms with E-state index in [9.17, 15) is 5.11 Å². The first-order chi connectivity index (χ1) is 4.34. The Bertz CT molecular complexity index is 85.0. The summed E-state index contributed by atoms with van der Waals surface area (Å²) < 4.78 is 0. The Morgan fingerprint density at radius 2 is 2.33 bits per heavy atom. The van der Waals surface area contributed by atoms with Crippen molar-refractivity contribution in [1.82, 2.24) is 4.90 Å². The Morgan fingerprint density at radius 1 is 1.56 bits per heavy atom. The number of hydrogen-bond donors (Lipinski definition) is 0. The molecule has 0 bridgehead atoms. The van der Waals surface area contributed by atoms with Gasteiger partial charge < -0.3 is 4.90 Å². The molecule has 0 aromatic rings. The Labute approximate surface area is 56.5 Å². The third-order valence-electron chi connectivity index (χ3n) is 2.11. The van der Waals surface area contributed by atoms with E-state index in [4.69, 9.17) is 0 Å². The fourth-order valence-electron chi connectivity index (χ4n) is 1.35. The molecule has 0 aromatic heterocycles. The number of nitrogens with zero attached hydrogens (tertiary/aromatic N) is 1. The normalized spacial score (nSPS) is 30.7. The molecule has 1 rings (SSSR count). The van der Waals surface area contributed by atoms with Crippen molar-refractivity contribution in [2.24, 2.45) is 0 Å². The molecule has 0 amide bonds. The van der Waals surface area contributed by atoms with Crippen molar-refractivity contribution in [2.45, 2.75) is 25.3 Å². The van der Waals surface area contributed by atoms with Crippen molar-refractivity contribution >= 4 is 0 Å². The molecule has 0 spiro atoms. The zero-order valence-electron chi connectivity index (χ0n) is 5.97. The van der Waals surface area contributed by atoms with E-state index in [0.29, 0.717) is 6.04 Å². The van der Waals surface area contributed by atoms with E-state index in [1.54, 1.807) is 0 Å². The maximum absolute atomic E-state index is 10.5. The summed E-state index contributed by atoms with van der Waals surface area (Å²) in [5.74, 6) is 0. The quantitative estimate of drug-likeness (QED) is 0.514. The average Bonchev–Trinajstić information content (AvgIpc) is 1.89. The molecule has 0 N–H and O–H groups in total. The summed E-state index contributed by atoms with van der Waals surface area (Å²) in [4.78, 5) is 2.18. The molecule has 1 aliphatic rings. The summed E-state index contributed by atoms with van der Waals surface area (Å²) in [6, 6.07) is 0.332. The standard InChI is InChI=1S/C7H14NO/c1-8-5-3-2-4-7(8)6-9/h7H,2-6H2,1H3. The van der Waals surface area contributed by atoms with Gasteiger partial charge in [-0.05, 0) is 26.4 Å². The van der Waals surface area contributed by atoms with Crippen LogP contribution in [0.25, 0.3) is 0 Å². The van der Waals surface area contributed by atoms with E-state index >= 15 is 0 Å². The third-order valence-corrected chi connectivity index (χ3v) is 2.11. The van der Waals surface area contributed by atoms with Gasteiger partial charge in [0.15, 0.2) is 0 Å². The minimum absolute atomic E-state index is 0.0799. The highest BCUT2D eigenvalue weighted by atomic mass is 16.3. The number of piperidine rings is 1. The lowest BCUT2D eigenvalue weighted by Crippen LogP contribution is -2.38. The van der Waals surface area contributed by atoms with Crippen LogP contribution in [0.2, 0.25) is 0 Å². The first-order valence-electron chi connectivity index (χ1n) is 3.63. The molecule has 1 atom stereocenters. The average molecular weight is 128 g/mol. The van der Waals surface area contributed by atoms with Crippen molar-refractivity contribution in [3.8, 4) is 0 Å². The van der Waals surface area contributed by atoms with Crippen LogP contribution in [0, 0.1) is 0 Å². The van der Waals surface area contributed by atoms with E-state index in [2.05, 4.69) is 4.90 Å². The highest BCUT2D eigenvalue weighted by molar-refractivity contribution is 4.72. The van der Waals surface area contributed by atoms with Crippen LogP contribution < -0.4 is 0 Å². The van der Waals surface area contributed by atoms with Gasteiger partial charge in [-0.3, -0.25) is 0 Å². The Hall–Kier alpha value is -0.0800. The van der Waals surface area contributed by atoms with Crippen LogP contribution in [-0.2, 0) is 5.11 Å². The van der Waals surface area contributed by atoms with Crippen molar-refractivity contribution < 1.29 is 5.11 Å². The largest absolute Gasteiger partial charge is 0.301 e. The van der Waals surface area contributed by atoms with Gasteiger partial charge >= 0.3 is 0 Å². The predicted octanol–water partition coefficient (Wildman–Crippen LogP) is 0.901. The third kappa shape index (κ3) is 1.66. The summed E-state index contributed by atoms with van der Waals surface area (Å²) in [6.45, 7) is 1.20. The summed E-state index contributed by atoms with van der Waals surface area (Å²) in [5, 5.41) is 10.5. The molecule has 2 nitrogen and oxygen atoms in total. The van der Waals surface area contributed by atoms with E-state index in [1.807, 2.05) is 7.05 Å². The van der Waals surface area contributed by atoms with Gasteiger partial charge in [0.1, 0.15) is 0 Å². The van der Waals surface area contributed by atoms with E-state index in [0.717, 1.165) is 13.0 Å². The zero-order valence-corrected chi connectivity index (χ0v) is 5.97. The maximum atomic E-state index is 10.5. The molecule has 2 heteroatoms. The minimum atomic E-state index is 0.0799. The number of likely N-dealkylation sites (N-methyl/N-ethyl adjacent to an activating group) is 1. The molecule has 53 valence electrons. The number of likely N-dealkylation sites (tertiary alicyclic amines) is 1. The Kier molecular flexibility index (Phi) is 2.49. The monoisotopic (exact) mass is 128 g/mol. The van der Waals surface area contributed by atoms with E-state index in [-0.39, 0.29) is 6.61 Å². The number of rotatable bonds is 1. The molecule has 9 heavy (non-hydrogen) atoms. The van der Waals surface area contributed by atoms with Crippen LogP contribution in [0.15, 0.2) is 0 Å². The first-order valence-corrected chi connectivity index (χ1v) is 3.63. The highest BCUT2D eigenvalue weighted by Gasteiger charge is 2.17. The maximum Gasteiger partial charge on any atom is 0.0977 e. The Morgan fingerprint density at radius 3 is 2.78 bits per heavy atom. The fourth-order valence-corrected chi connectivity index (χ4v) is 1.35. The smallest absolute Gasteiger partial charge is 0.0977 e. The molecule has 0 saturated carbocycles. The van der Waals surface area contributed by atoms with Crippen molar-refractivity contribution in [1.29, 1.82) is 0 Å². The zero-order chi connectivity index (χ0) is 6.69. The molecule has 1 aliphatic heterocycles. The van der Waals surface area contributed by atoms with Gasteiger partial charge in [-0.2, -0.15) is 0 Å². The fraction of sp³-hybridized carbons (Fsp3) is 1.00. The van der Waals surface area contributed by atoms with Crippen molar-refractivity contribution in [3.05, 3.63) is 0 Å². The highest BCUT2D eigenvalue weighted by Crippen LogP contribution is 2.13. The SMILES string of the molecule is CN1CCCCC1C[O]. The van der Waals surface area contributed by atoms with Gasteiger partial charge in [-0.1, -0.05) is 6.42 Å². The van der Waals surface area contributed by atoms with Gasteiger partial charge in [-0.25, -0.2) is 5.11 Å². The van der Waals surface area contributed by atoms with Crippen LogP contribution >= 0.6 is 0 Å². The second kappa shape index (κ2) is 3.18. The lowest BCUT2D eigenvalue weighted by molar-refractivity contribution is 0.0741. The molecule has 1 heterocycles. The molecular formula is C7H14NO. The van der Waals surface area contributed by atoms with Gasteiger partial charge in [0.25, 0.3) is 0 Å².